The Morgan fingerprint density at radius 3 is 2.42 bits per heavy atom. The fourth-order valence-corrected chi connectivity index (χ4v) is 1.18. The number of carbonyl (C=O) groups is 1. The van der Waals surface area contributed by atoms with Gasteiger partial charge in [0.05, 0.1) is 0 Å². The summed E-state index contributed by atoms with van der Waals surface area (Å²) >= 11 is 0. The minimum atomic E-state index is -1.71. The van der Waals surface area contributed by atoms with Gasteiger partial charge in [-0.1, -0.05) is 0 Å². The number of rotatable bonds is 1. The van der Waals surface area contributed by atoms with Crippen LogP contribution in [-0.2, 0) is 4.79 Å². The predicted molar refractivity (Wildman–Crippen MR) is 40.3 cm³/mol. The summed E-state index contributed by atoms with van der Waals surface area (Å²) < 4.78 is 25.5. The maximum Gasteiger partial charge on any atom is 0.242 e. The van der Waals surface area contributed by atoms with Gasteiger partial charge in [0.25, 0.3) is 0 Å². The monoisotopic (exact) mass is 178 g/mol. The smallest absolute Gasteiger partial charge is 0.242 e. The Kier molecular flexibility index (Phi) is 2.62. The van der Waals surface area contributed by atoms with Gasteiger partial charge in [-0.3, -0.25) is 4.79 Å². The van der Waals surface area contributed by atoms with Gasteiger partial charge in [0.2, 0.25) is 5.91 Å². The molecule has 1 heterocycles. The number of nitrogens with one attached hydrogen (secondary N) is 1. The average Bonchev–Trinajstić information content (AvgIpc) is 2.32. The number of hydrogen-bond donors (Lipinski definition) is 1. The molecule has 3 unspecified atom stereocenters. The molecule has 1 amide bonds. The van der Waals surface area contributed by atoms with E-state index in [4.69, 9.17) is 0 Å². The fraction of sp³-hybridized carbons (Fsp3) is 0.857. The van der Waals surface area contributed by atoms with Gasteiger partial charge in [-0.05, 0) is 0 Å². The van der Waals surface area contributed by atoms with E-state index < -0.39 is 24.3 Å². The predicted octanol–water partition coefficient (Wildman–Crippen LogP) is -0.277. The molecule has 1 aliphatic heterocycles. The molecule has 5 heteroatoms. The van der Waals surface area contributed by atoms with E-state index in [1.165, 1.54) is 19.0 Å². The highest BCUT2D eigenvalue weighted by Gasteiger charge is 2.41. The van der Waals surface area contributed by atoms with Crippen LogP contribution in [0.3, 0.4) is 0 Å². The van der Waals surface area contributed by atoms with Crippen LogP contribution in [0.15, 0.2) is 0 Å². The van der Waals surface area contributed by atoms with Crippen LogP contribution in [0, 0.1) is 0 Å². The van der Waals surface area contributed by atoms with Gasteiger partial charge in [0, 0.05) is 20.6 Å². The van der Waals surface area contributed by atoms with Gasteiger partial charge in [-0.25, -0.2) is 8.78 Å². The van der Waals surface area contributed by atoms with Gasteiger partial charge in [0.15, 0.2) is 6.17 Å². The first-order chi connectivity index (χ1) is 5.54. The van der Waals surface area contributed by atoms with Crippen LogP contribution in [0.2, 0.25) is 0 Å². The van der Waals surface area contributed by atoms with E-state index in [1.54, 1.807) is 0 Å². The minimum absolute atomic E-state index is 0.0780. The van der Waals surface area contributed by atoms with E-state index >= 15 is 0 Å². The number of nitrogens with zero attached hydrogens (tertiary/aromatic N) is 1. The lowest BCUT2D eigenvalue weighted by atomic mass is 10.1. The highest BCUT2D eigenvalue weighted by atomic mass is 19.2. The number of amides is 1. The van der Waals surface area contributed by atoms with E-state index in [2.05, 4.69) is 5.32 Å². The number of halogens is 2. The lowest BCUT2D eigenvalue weighted by Crippen LogP contribution is -2.44. The van der Waals surface area contributed by atoms with Crippen molar-refractivity contribution in [2.24, 2.45) is 0 Å². The largest absolute Gasteiger partial charge is 0.347 e. The van der Waals surface area contributed by atoms with E-state index in [-0.39, 0.29) is 6.54 Å². The zero-order chi connectivity index (χ0) is 9.30. The molecule has 0 bridgehead atoms. The lowest BCUT2D eigenvalue weighted by molar-refractivity contribution is -0.131. The molecule has 1 N–H and O–H groups in total. The summed E-state index contributed by atoms with van der Waals surface area (Å²) in [7, 11) is 3.03. The van der Waals surface area contributed by atoms with Crippen LogP contribution >= 0.6 is 0 Å². The molecule has 1 saturated heterocycles. The molecule has 1 fully saturated rings. The van der Waals surface area contributed by atoms with Crippen LogP contribution < -0.4 is 5.32 Å². The van der Waals surface area contributed by atoms with Crippen molar-refractivity contribution in [3.05, 3.63) is 0 Å². The number of hydrogen-bond acceptors (Lipinski definition) is 2. The second kappa shape index (κ2) is 3.35. The van der Waals surface area contributed by atoms with Crippen LogP contribution in [-0.4, -0.2) is 49.8 Å². The third kappa shape index (κ3) is 1.55. The van der Waals surface area contributed by atoms with Crippen molar-refractivity contribution >= 4 is 5.91 Å². The molecule has 0 aromatic carbocycles. The van der Waals surface area contributed by atoms with Crippen LogP contribution in [0.5, 0.6) is 0 Å². The SMILES string of the molecule is CN(C)C(=O)C1NCC(F)C1F. The maximum absolute atomic E-state index is 12.9. The first kappa shape index (κ1) is 9.38. The molecule has 1 aliphatic rings. The summed E-state index contributed by atoms with van der Waals surface area (Å²) in [4.78, 5) is 12.4. The molecule has 0 spiro atoms. The number of alkyl halides is 2. The number of likely N-dealkylation sites (N-methyl/N-ethyl adjacent to an activating group) is 1. The molecule has 0 aromatic rings. The van der Waals surface area contributed by atoms with E-state index in [1.807, 2.05) is 0 Å². The van der Waals surface area contributed by atoms with Crippen molar-refractivity contribution in [1.82, 2.24) is 10.2 Å². The van der Waals surface area contributed by atoms with Gasteiger partial charge >= 0.3 is 0 Å². The van der Waals surface area contributed by atoms with Crippen molar-refractivity contribution in [3.8, 4) is 0 Å². The summed E-state index contributed by atoms with van der Waals surface area (Å²) in [5.41, 5.74) is 0. The highest BCUT2D eigenvalue weighted by Crippen LogP contribution is 2.16. The topological polar surface area (TPSA) is 32.3 Å². The summed E-state index contributed by atoms with van der Waals surface area (Å²) in [5.74, 6) is -0.414. The quantitative estimate of drug-likeness (QED) is 0.599. The Hall–Kier alpha value is -0.710. The molecule has 0 aliphatic carbocycles. The van der Waals surface area contributed by atoms with Crippen LogP contribution in [0.1, 0.15) is 0 Å². The van der Waals surface area contributed by atoms with Crippen molar-refractivity contribution in [2.75, 3.05) is 20.6 Å². The lowest BCUT2D eigenvalue weighted by Gasteiger charge is -2.17. The first-order valence-electron chi connectivity index (χ1n) is 3.76. The van der Waals surface area contributed by atoms with Gasteiger partial charge < -0.3 is 10.2 Å². The molecular weight excluding hydrogens is 166 g/mol. The maximum atomic E-state index is 12.9. The average molecular weight is 178 g/mol. The normalized spacial score (nSPS) is 35.2. The van der Waals surface area contributed by atoms with Gasteiger partial charge in [0.1, 0.15) is 12.2 Å². The zero-order valence-corrected chi connectivity index (χ0v) is 7.05. The summed E-state index contributed by atoms with van der Waals surface area (Å²) in [5, 5.41) is 2.50. The Balaban J connectivity index is 2.59. The van der Waals surface area contributed by atoms with Crippen molar-refractivity contribution in [2.45, 2.75) is 18.4 Å². The summed E-state index contributed by atoms with van der Waals surface area (Å²) in [6, 6.07) is -1.00. The Bertz CT molecular complexity index is 186. The fourth-order valence-electron chi connectivity index (χ4n) is 1.18. The van der Waals surface area contributed by atoms with Crippen LogP contribution in [0.4, 0.5) is 8.78 Å². The molecule has 0 radical (unpaired) electrons. The Morgan fingerprint density at radius 2 is 2.08 bits per heavy atom. The molecule has 0 saturated carbocycles. The van der Waals surface area contributed by atoms with Crippen LogP contribution in [0.25, 0.3) is 0 Å². The zero-order valence-electron chi connectivity index (χ0n) is 7.05. The van der Waals surface area contributed by atoms with E-state index in [9.17, 15) is 13.6 Å². The molecule has 0 aromatic heterocycles. The van der Waals surface area contributed by atoms with Gasteiger partial charge in [-0.15, -0.1) is 0 Å². The minimum Gasteiger partial charge on any atom is -0.347 e. The van der Waals surface area contributed by atoms with E-state index in [0.717, 1.165) is 0 Å². The molecule has 3 nitrogen and oxygen atoms in total. The second-order valence-corrected chi connectivity index (χ2v) is 3.08. The molecule has 12 heavy (non-hydrogen) atoms. The third-order valence-electron chi connectivity index (χ3n) is 1.90. The standard InChI is InChI=1S/C7H12F2N2O/c1-11(2)7(12)6-5(9)4(8)3-10-6/h4-6,10H,3H2,1-2H3. The van der Waals surface area contributed by atoms with Crippen molar-refractivity contribution < 1.29 is 13.6 Å². The van der Waals surface area contributed by atoms with Crippen molar-refractivity contribution in [3.63, 3.8) is 0 Å². The van der Waals surface area contributed by atoms with Crippen molar-refractivity contribution in [1.29, 1.82) is 0 Å². The number of carbonyl (C=O) groups excluding carboxylic acids is 1. The molecule has 3 atom stereocenters. The molecule has 1 rings (SSSR count). The third-order valence-corrected chi connectivity index (χ3v) is 1.90. The Morgan fingerprint density at radius 1 is 1.50 bits per heavy atom. The Labute approximate surface area is 69.7 Å². The first-order valence-corrected chi connectivity index (χ1v) is 3.76. The second-order valence-electron chi connectivity index (χ2n) is 3.08. The van der Waals surface area contributed by atoms with Gasteiger partial charge in [-0.2, -0.15) is 0 Å². The van der Waals surface area contributed by atoms with E-state index in [0.29, 0.717) is 0 Å². The highest BCUT2D eigenvalue weighted by molar-refractivity contribution is 5.82. The summed E-state index contributed by atoms with van der Waals surface area (Å²) in [6.45, 7) is -0.0780. The summed E-state index contributed by atoms with van der Waals surface area (Å²) in [6.07, 6.45) is -3.27. The molecular formula is C7H12F2N2O. The molecule has 70 valence electrons.